The Morgan fingerprint density at radius 2 is 1.93 bits per heavy atom. The second kappa shape index (κ2) is 3.37. The van der Waals surface area contributed by atoms with Crippen molar-refractivity contribution in [2.45, 2.75) is 31.3 Å². The van der Waals surface area contributed by atoms with Crippen molar-refractivity contribution in [3.63, 3.8) is 0 Å². The van der Waals surface area contributed by atoms with E-state index in [1.54, 1.807) is 0 Å². The molecule has 2 heteroatoms. The highest BCUT2D eigenvalue weighted by Gasteiger charge is 2.47. The van der Waals surface area contributed by atoms with Gasteiger partial charge in [-0.3, -0.25) is 4.79 Å². The van der Waals surface area contributed by atoms with Crippen molar-refractivity contribution < 1.29 is 9.53 Å². The number of esters is 1. The average Bonchev–Trinajstić information content (AvgIpc) is 2.47. The molecule has 1 saturated carbocycles. The van der Waals surface area contributed by atoms with E-state index in [1.165, 1.54) is 5.56 Å². The minimum absolute atomic E-state index is 0.0198. The number of hydrogen-bond acceptors (Lipinski definition) is 2. The van der Waals surface area contributed by atoms with Crippen LogP contribution in [0, 0.1) is 5.92 Å². The maximum Gasteiger partial charge on any atom is 0.309 e. The van der Waals surface area contributed by atoms with Gasteiger partial charge in [0, 0.05) is 5.92 Å². The molecule has 1 heterocycles. The summed E-state index contributed by atoms with van der Waals surface area (Å²) >= 11 is 0. The largest absolute Gasteiger partial charge is 0.461 e. The topological polar surface area (TPSA) is 26.3 Å². The molecule has 1 aliphatic heterocycles. The zero-order chi connectivity index (χ0) is 10.3. The maximum absolute atomic E-state index is 11.6. The van der Waals surface area contributed by atoms with Gasteiger partial charge in [-0.2, -0.15) is 0 Å². The van der Waals surface area contributed by atoms with Gasteiger partial charge in [-0.05, 0) is 24.8 Å². The van der Waals surface area contributed by atoms with Crippen LogP contribution in [0.4, 0.5) is 0 Å². The monoisotopic (exact) mass is 202 g/mol. The van der Waals surface area contributed by atoms with E-state index in [0.717, 1.165) is 19.3 Å². The second-order valence-electron chi connectivity index (χ2n) is 4.45. The Balaban J connectivity index is 1.97. The third-order valence-corrected chi connectivity index (χ3v) is 3.59. The number of hydrogen-bond donors (Lipinski definition) is 0. The fourth-order valence-electron chi connectivity index (χ4n) is 2.91. The van der Waals surface area contributed by atoms with E-state index in [9.17, 15) is 4.79 Å². The van der Waals surface area contributed by atoms with Crippen molar-refractivity contribution in [3.05, 3.63) is 35.9 Å². The number of fused-ring (bicyclic) bond motifs is 2. The van der Waals surface area contributed by atoms with E-state index >= 15 is 0 Å². The lowest BCUT2D eigenvalue weighted by molar-refractivity contribution is -0.143. The molecule has 0 N–H and O–H groups in total. The van der Waals surface area contributed by atoms with Crippen LogP contribution < -0.4 is 0 Å². The van der Waals surface area contributed by atoms with Gasteiger partial charge in [-0.1, -0.05) is 30.3 Å². The second-order valence-corrected chi connectivity index (χ2v) is 4.45. The zero-order valence-electron chi connectivity index (χ0n) is 8.56. The maximum atomic E-state index is 11.6. The highest BCUT2D eigenvalue weighted by atomic mass is 16.6. The Labute approximate surface area is 89.2 Å². The summed E-state index contributed by atoms with van der Waals surface area (Å²) in [5, 5.41) is 0. The van der Waals surface area contributed by atoms with Crippen molar-refractivity contribution in [3.8, 4) is 0 Å². The molecule has 3 rings (SSSR count). The average molecular weight is 202 g/mol. The highest BCUT2D eigenvalue weighted by Crippen LogP contribution is 2.45. The number of benzene rings is 1. The third-order valence-electron chi connectivity index (χ3n) is 3.59. The summed E-state index contributed by atoms with van der Waals surface area (Å²) in [7, 11) is 0. The minimum atomic E-state index is 0.0198. The SMILES string of the molecule is O=C1OC2CCCC1[C@H]2c1ccccc1. The van der Waals surface area contributed by atoms with Gasteiger partial charge in [0.2, 0.25) is 0 Å². The van der Waals surface area contributed by atoms with E-state index in [2.05, 4.69) is 12.1 Å². The summed E-state index contributed by atoms with van der Waals surface area (Å²) in [4.78, 5) is 11.6. The first kappa shape index (κ1) is 8.96. The van der Waals surface area contributed by atoms with E-state index in [4.69, 9.17) is 4.74 Å². The van der Waals surface area contributed by atoms with Crippen LogP contribution in [0.25, 0.3) is 0 Å². The predicted molar refractivity (Wildman–Crippen MR) is 56.4 cm³/mol. The summed E-state index contributed by atoms with van der Waals surface area (Å²) in [6.07, 6.45) is 3.29. The summed E-state index contributed by atoms with van der Waals surface area (Å²) < 4.78 is 5.41. The van der Waals surface area contributed by atoms with Crippen molar-refractivity contribution in [2.75, 3.05) is 0 Å². The summed E-state index contributed by atoms with van der Waals surface area (Å²) in [5.41, 5.74) is 1.26. The summed E-state index contributed by atoms with van der Waals surface area (Å²) in [5.74, 6) is 0.449. The van der Waals surface area contributed by atoms with Crippen LogP contribution in [0.3, 0.4) is 0 Å². The molecule has 1 aromatic carbocycles. The molecule has 2 nitrogen and oxygen atoms in total. The summed E-state index contributed by atoms with van der Waals surface area (Å²) in [6, 6.07) is 10.3. The number of carbonyl (C=O) groups is 1. The molecule has 1 saturated heterocycles. The Hall–Kier alpha value is -1.31. The van der Waals surface area contributed by atoms with Crippen LogP contribution in [0.15, 0.2) is 30.3 Å². The van der Waals surface area contributed by atoms with E-state index in [-0.39, 0.29) is 18.0 Å². The lowest BCUT2D eigenvalue weighted by Gasteiger charge is -2.25. The molecule has 0 amide bonds. The van der Waals surface area contributed by atoms with Gasteiger partial charge < -0.3 is 4.74 Å². The van der Waals surface area contributed by atoms with Crippen LogP contribution >= 0.6 is 0 Å². The van der Waals surface area contributed by atoms with Crippen molar-refractivity contribution >= 4 is 5.97 Å². The molecule has 0 spiro atoms. The van der Waals surface area contributed by atoms with E-state index < -0.39 is 0 Å². The zero-order valence-corrected chi connectivity index (χ0v) is 8.56. The molecule has 2 unspecified atom stereocenters. The predicted octanol–water partition coefficient (Wildman–Crippen LogP) is 2.50. The van der Waals surface area contributed by atoms with Crippen molar-refractivity contribution in [1.82, 2.24) is 0 Å². The van der Waals surface area contributed by atoms with E-state index in [1.807, 2.05) is 18.2 Å². The molecule has 0 aromatic heterocycles. The third kappa shape index (κ3) is 1.36. The van der Waals surface area contributed by atoms with Gasteiger partial charge in [-0.25, -0.2) is 0 Å². The van der Waals surface area contributed by atoms with Crippen LogP contribution in [0.2, 0.25) is 0 Å². The molecule has 15 heavy (non-hydrogen) atoms. The first-order valence-electron chi connectivity index (χ1n) is 5.62. The molecule has 78 valence electrons. The van der Waals surface area contributed by atoms with Crippen molar-refractivity contribution in [2.24, 2.45) is 5.92 Å². The quantitative estimate of drug-likeness (QED) is 0.654. The normalized spacial score (nSPS) is 33.9. The standard InChI is InChI=1S/C13H14O2/c14-13-10-7-4-8-11(15-13)12(10)9-5-2-1-3-6-9/h1-3,5-6,10-12H,4,7-8H2/t10?,11?,12-/m1/s1. The Morgan fingerprint density at radius 3 is 2.67 bits per heavy atom. The smallest absolute Gasteiger partial charge is 0.309 e. The minimum Gasteiger partial charge on any atom is -0.461 e. The lowest BCUT2D eigenvalue weighted by atomic mass is 9.76. The van der Waals surface area contributed by atoms with E-state index in [0.29, 0.717) is 5.92 Å². The molecule has 3 atom stereocenters. The molecule has 0 radical (unpaired) electrons. The van der Waals surface area contributed by atoms with Gasteiger partial charge in [0.05, 0.1) is 5.92 Å². The fourth-order valence-corrected chi connectivity index (χ4v) is 2.91. The molecular formula is C13H14O2. The Bertz CT molecular complexity index is 371. The fraction of sp³-hybridized carbons (Fsp3) is 0.462. The van der Waals surface area contributed by atoms with Gasteiger partial charge in [0.15, 0.2) is 0 Å². The molecule has 1 aromatic rings. The molecule has 2 aliphatic rings. The van der Waals surface area contributed by atoms with Crippen LogP contribution in [-0.4, -0.2) is 12.1 Å². The van der Waals surface area contributed by atoms with Crippen LogP contribution in [-0.2, 0) is 9.53 Å². The number of carbonyl (C=O) groups excluding carboxylic acids is 1. The Morgan fingerprint density at radius 1 is 1.13 bits per heavy atom. The number of ether oxygens (including phenoxy) is 1. The summed E-state index contributed by atoms with van der Waals surface area (Å²) in [6.45, 7) is 0. The highest BCUT2D eigenvalue weighted by molar-refractivity contribution is 5.77. The van der Waals surface area contributed by atoms with Gasteiger partial charge >= 0.3 is 5.97 Å². The first-order chi connectivity index (χ1) is 7.36. The van der Waals surface area contributed by atoms with Gasteiger partial charge in [0.1, 0.15) is 6.10 Å². The molecule has 1 aliphatic carbocycles. The molecule has 2 fully saturated rings. The van der Waals surface area contributed by atoms with Gasteiger partial charge in [0.25, 0.3) is 0 Å². The molecule has 2 bridgehead atoms. The van der Waals surface area contributed by atoms with Crippen molar-refractivity contribution in [1.29, 1.82) is 0 Å². The van der Waals surface area contributed by atoms with Crippen LogP contribution in [0.5, 0.6) is 0 Å². The molecular weight excluding hydrogens is 188 g/mol. The first-order valence-corrected chi connectivity index (χ1v) is 5.62. The number of rotatable bonds is 1. The van der Waals surface area contributed by atoms with Crippen LogP contribution in [0.1, 0.15) is 30.7 Å². The van der Waals surface area contributed by atoms with Gasteiger partial charge in [-0.15, -0.1) is 0 Å². The Kier molecular flexibility index (Phi) is 2.01. The lowest BCUT2D eigenvalue weighted by Crippen LogP contribution is -2.23.